The molecule has 0 bridgehead atoms. The van der Waals surface area contributed by atoms with Gasteiger partial charge in [0.2, 0.25) is 11.8 Å². The molecule has 2 aliphatic heterocycles. The molecule has 1 N–H and O–H groups in total. The fourth-order valence-corrected chi connectivity index (χ4v) is 3.43. The van der Waals surface area contributed by atoms with Crippen LogP contribution in [0.5, 0.6) is 0 Å². The highest BCUT2D eigenvalue weighted by Crippen LogP contribution is 2.22. The first kappa shape index (κ1) is 18.9. The Morgan fingerprint density at radius 1 is 1.15 bits per heavy atom. The molecule has 8 nitrogen and oxygen atoms in total. The van der Waals surface area contributed by atoms with Crippen LogP contribution in [0.4, 0.5) is 10.5 Å². The van der Waals surface area contributed by atoms with E-state index in [9.17, 15) is 19.2 Å². The average Bonchev–Trinajstić information content (AvgIpc) is 3.00. The van der Waals surface area contributed by atoms with E-state index in [0.29, 0.717) is 30.8 Å². The molecule has 144 valence electrons. The van der Waals surface area contributed by atoms with Gasteiger partial charge in [-0.3, -0.25) is 24.6 Å². The van der Waals surface area contributed by atoms with Gasteiger partial charge in [-0.2, -0.15) is 0 Å². The number of unbranched alkanes of at least 4 members (excludes halogenated alkanes) is 1. The Hall–Kier alpha value is -2.90. The number of carbonyl (C=O) groups excluding carboxylic acids is 4. The lowest BCUT2D eigenvalue weighted by Crippen LogP contribution is -2.57. The average molecular weight is 372 g/mol. The van der Waals surface area contributed by atoms with Crippen LogP contribution >= 0.6 is 0 Å². The van der Waals surface area contributed by atoms with Gasteiger partial charge in [0, 0.05) is 31.4 Å². The zero-order valence-electron chi connectivity index (χ0n) is 15.6. The van der Waals surface area contributed by atoms with Crippen molar-refractivity contribution in [1.29, 1.82) is 0 Å². The lowest BCUT2D eigenvalue weighted by atomic mass is 10.0. The summed E-state index contributed by atoms with van der Waals surface area (Å²) in [6.07, 6.45) is 2.49. The normalized spacial score (nSPS) is 20.3. The van der Waals surface area contributed by atoms with E-state index in [0.717, 1.165) is 12.8 Å². The summed E-state index contributed by atoms with van der Waals surface area (Å²) < 4.78 is 0. The monoisotopic (exact) mass is 372 g/mol. The number of rotatable bonds is 5. The third-order valence-electron chi connectivity index (χ3n) is 5.02. The van der Waals surface area contributed by atoms with Crippen LogP contribution in [0.1, 0.15) is 36.5 Å². The number of hydrogen-bond donors (Lipinski definition) is 1. The van der Waals surface area contributed by atoms with Crippen LogP contribution in [-0.4, -0.2) is 66.3 Å². The molecule has 0 aliphatic carbocycles. The lowest BCUT2D eigenvalue weighted by Gasteiger charge is -2.39. The predicted octanol–water partition coefficient (Wildman–Crippen LogP) is 1.22. The summed E-state index contributed by atoms with van der Waals surface area (Å²) in [6, 6.07) is 5.65. The van der Waals surface area contributed by atoms with E-state index in [1.807, 2.05) is 0 Å². The number of nitrogens with one attached hydrogen (secondary N) is 1. The molecule has 0 unspecified atom stereocenters. The largest absolute Gasteiger partial charge is 0.342 e. The molecule has 0 spiro atoms. The van der Waals surface area contributed by atoms with Crippen molar-refractivity contribution in [2.45, 2.75) is 32.2 Å². The van der Waals surface area contributed by atoms with E-state index >= 15 is 0 Å². The number of benzene rings is 1. The highest BCUT2D eigenvalue weighted by molar-refractivity contribution is 6.12. The summed E-state index contributed by atoms with van der Waals surface area (Å²) in [5.41, 5.74) is 1.01. The molecule has 27 heavy (non-hydrogen) atoms. The summed E-state index contributed by atoms with van der Waals surface area (Å²) >= 11 is 0. The van der Waals surface area contributed by atoms with Crippen LogP contribution in [0.15, 0.2) is 24.3 Å². The fraction of sp³-hybridized carbons (Fsp3) is 0.474. The van der Waals surface area contributed by atoms with Gasteiger partial charge >= 0.3 is 6.03 Å². The molecular weight excluding hydrogens is 348 g/mol. The summed E-state index contributed by atoms with van der Waals surface area (Å²) in [6.45, 7) is 3.04. The molecule has 0 saturated carbocycles. The Labute approximate surface area is 158 Å². The smallest absolute Gasteiger partial charge is 0.329 e. The van der Waals surface area contributed by atoms with Crippen molar-refractivity contribution in [3.05, 3.63) is 29.8 Å². The topological polar surface area (TPSA) is 90.0 Å². The number of imide groups is 1. The fourth-order valence-electron chi connectivity index (χ4n) is 3.43. The number of urea groups is 1. The van der Waals surface area contributed by atoms with Gasteiger partial charge in [0.05, 0.1) is 0 Å². The molecule has 1 atom stereocenters. The standard InChI is InChI=1S/C19H24N4O4/c1-3-4-5-15-18(26)21(2)10-11-22(15)17(25)13-6-8-14(9-7-13)23-12-16(24)20-19(23)27/h6-9,15H,3-5,10-12H2,1-2H3,(H,20,24,27)/t15-/m0/s1. The van der Waals surface area contributed by atoms with Crippen LogP contribution < -0.4 is 10.2 Å². The molecule has 2 aliphatic rings. The molecule has 2 heterocycles. The molecule has 3 rings (SSSR count). The molecule has 0 aromatic heterocycles. The molecule has 5 amide bonds. The SMILES string of the molecule is CCCC[C@H]1C(=O)N(C)CCN1C(=O)c1ccc(N2CC(=O)NC2=O)cc1. The maximum atomic E-state index is 13.0. The van der Waals surface area contributed by atoms with E-state index in [4.69, 9.17) is 0 Å². The first-order valence-electron chi connectivity index (χ1n) is 9.19. The summed E-state index contributed by atoms with van der Waals surface area (Å²) in [5, 5.41) is 2.22. The third kappa shape index (κ3) is 3.79. The maximum absolute atomic E-state index is 13.0. The van der Waals surface area contributed by atoms with Crippen LogP contribution in [0.25, 0.3) is 0 Å². The first-order chi connectivity index (χ1) is 12.9. The molecule has 1 aromatic rings. The van der Waals surface area contributed by atoms with Gasteiger partial charge in [-0.25, -0.2) is 4.79 Å². The Balaban J connectivity index is 1.76. The number of carbonyl (C=O) groups is 4. The van der Waals surface area contributed by atoms with Crippen LogP contribution in [0.3, 0.4) is 0 Å². The van der Waals surface area contributed by atoms with E-state index in [1.54, 1.807) is 41.1 Å². The molecule has 0 radical (unpaired) electrons. The maximum Gasteiger partial charge on any atom is 0.329 e. The van der Waals surface area contributed by atoms with E-state index in [2.05, 4.69) is 12.2 Å². The van der Waals surface area contributed by atoms with Gasteiger partial charge in [0.25, 0.3) is 5.91 Å². The van der Waals surface area contributed by atoms with Crippen LogP contribution in [-0.2, 0) is 9.59 Å². The van der Waals surface area contributed by atoms with E-state index < -0.39 is 12.1 Å². The van der Waals surface area contributed by atoms with Crippen molar-refractivity contribution >= 4 is 29.4 Å². The predicted molar refractivity (Wildman–Crippen MR) is 99.3 cm³/mol. The number of amides is 5. The second kappa shape index (κ2) is 7.77. The molecule has 1 aromatic carbocycles. The van der Waals surface area contributed by atoms with Crippen LogP contribution in [0.2, 0.25) is 0 Å². The molecular formula is C19H24N4O4. The minimum absolute atomic E-state index is 0.0214. The van der Waals surface area contributed by atoms with Crippen molar-refractivity contribution in [3.8, 4) is 0 Å². The van der Waals surface area contributed by atoms with E-state index in [-0.39, 0.29) is 24.3 Å². The minimum atomic E-state index is -0.469. The van der Waals surface area contributed by atoms with Crippen molar-refractivity contribution in [2.24, 2.45) is 0 Å². The minimum Gasteiger partial charge on any atom is -0.342 e. The van der Waals surface area contributed by atoms with Crippen molar-refractivity contribution in [2.75, 3.05) is 31.6 Å². The number of nitrogens with zero attached hydrogens (tertiary/aromatic N) is 3. The van der Waals surface area contributed by atoms with Gasteiger partial charge in [0.15, 0.2) is 0 Å². The Morgan fingerprint density at radius 2 is 1.85 bits per heavy atom. The van der Waals surface area contributed by atoms with Gasteiger partial charge < -0.3 is 9.80 Å². The summed E-state index contributed by atoms with van der Waals surface area (Å²) in [7, 11) is 1.76. The van der Waals surface area contributed by atoms with Crippen molar-refractivity contribution in [3.63, 3.8) is 0 Å². The van der Waals surface area contributed by atoms with Crippen molar-refractivity contribution < 1.29 is 19.2 Å². The van der Waals surface area contributed by atoms with Crippen molar-refractivity contribution in [1.82, 2.24) is 15.1 Å². The van der Waals surface area contributed by atoms with Gasteiger partial charge in [0.1, 0.15) is 12.6 Å². The highest BCUT2D eigenvalue weighted by atomic mass is 16.2. The van der Waals surface area contributed by atoms with Gasteiger partial charge in [-0.1, -0.05) is 19.8 Å². The number of anilines is 1. The molecule has 2 fully saturated rings. The molecule has 2 saturated heterocycles. The van der Waals surface area contributed by atoms with E-state index in [1.165, 1.54) is 4.90 Å². The van der Waals surface area contributed by atoms with Gasteiger partial charge in [-0.15, -0.1) is 0 Å². The lowest BCUT2D eigenvalue weighted by molar-refractivity contribution is -0.138. The second-order valence-corrected chi connectivity index (χ2v) is 6.90. The third-order valence-corrected chi connectivity index (χ3v) is 5.02. The zero-order chi connectivity index (χ0) is 19.6. The Bertz CT molecular complexity index is 761. The van der Waals surface area contributed by atoms with Crippen LogP contribution in [0, 0.1) is 0 Å². The number of piperazine rings is 1. The number of hydrogen-bond acceptors (Lipinski definition) is 4. The summed E-state index contributed by atoms with van der Waals surface area (Å²) in [5.74, 6) is -0.562. The Morgan fingerprint density at radius 3 is 2.44 bits per heavy atom. The quantitative estimate of drug-likeness (QED) is 0.787. The number of likely N-dealkylation sites (N-methyl/N-ethyl adjacent to an activating group) is 1. The second-order valence-electron chi connectivity index (χ2n) is 6.90. The van der Waals surface area contributed by atoms with Gasteiger partial charge in [-0.05, 0) is 30.7 Å². The zero-order valence-corrected chi connectivity index (χ0v) is 15.6. The molecule has 8 heteroatoms. The highest BCUT2D eigenvalue weighted by Gasteiger charge is 2.36. The first-order valence-corrected chi connectivity index (χ1v) is 9.19. The summed E-state index contributed by atoms with van der Waals surface area (Å²) in [4.78, 5) is 53.2. The Kier molecular flexibility index (Phi) is 5.43.